The van der Waals surface area contributed by atoms with Crippen molar-refractivity contribution in [3.63, 3.8) is 0 Å². The molecule has 1 saturated heterocycles. The molecule has 0 atom stereocenters. The van der Waals surface area contributed by atoms with Gasteiger partial charge in [-0.15, -0.1) is 0 Å². The molecule has 0 aliphatic carbocycles. The molecule has 1 heterocycles. The third-order valence-corrected chi connectivity index (χ3v) is 3.32. The summed E-state index contributed by atoms with van der Waals surface area (Å²) in [7, 11) is 0. The van der Waals surface area contributed by atoms with Crippen LogP contribution in [0, 0.1) is 0 Å². The van der Waals surface area contributed by atoms with E-state index >= 15 is 0 Å². The van der Waals surface area contributed by atoms with E-state index < -0.39 is 5.97 Å². The summed E-state index contributed by atoms with van der Waals surface area (Å²) in [5, 5.41) is 11.8. The van der Waals surface area contributed by atoms with Gasteiger partial charge in [0.05, 0.1) is 5.56 Å². The predicted octanol–water partition coefficient (Wildman–Crippen LogP) is 2.08. The Morgan fingerprint density at radius 2 is 1.84 bits per heavy atom. The Kier molecular flexibility index (Phi) is 4.39. The van der Waals surface area contributed by atoms with Crippen molar-refractivity contribution in [2.75, 3.05) is 13.1 Å². The number of nitrogens with one attached hydrogen (secondary N) is 1. The van der Waals surface area contributed by atoms with Crippen LogP contribution in [0.4, 0.5) is 4.79 Å². The Labute approximate surface area is 112 Å². The second-order valence-corrected chi connectivity index (χ2v) is 4.67. The number of carbonyl (C=O) groups is 2. The first-order chi connectivity index (χ1) is 9.18. The van der Waals surface area contributed by atoms with Crippen LogP contribution in [-0.4, -0.2) is 35.1 Å². The van der Waals surface area contributed by atoms with Crippen LogP contribution in [0.3, 0.4) is 0 Å². The van der Waals surface area contributed by atoms with E-state index in [1.807, 2.05) is 0 Å². The lowest BCUT2D eigenvalue weighted by atomic mass is 10.1. The van der Waals surface area contributed by atoms with Crippen LogP contribution < -0.4 is 5.32 Å². The quantitative estimate of drug-likeness (QED) is 0.876. The van der Waals surface area contributed by atoms with Crippen LogP contribution in [0.2, 0.25) is 0 Å². The molecule has 0 aromatic heterocycles. The van der Waals surface area contributed by atoms with Gasteiger partial charge in [-0.1, -0.05) is 18.2 Å². The Balaban J connectivity index is 1.94. The van der Waals surface area contributed by atoms with Crippen LogP contribution in [0.1, 0.15) is 35.2 Å². The van der Waals surface area contributed by atoms with Gasteiger partial charge in [0, 0.05) is 19.6 Å². The first-order valence-corrected chi connectivity index (χ1v) is 6.52. The number of rotatable bonds is 3. The molecule has 0 bridgehead atoms. The number of likely N-dealkylation sites (tertiary alicyclic amines) is 1. The molecule has 2 N–H and O–H groups in total. The van der Waals surface area contributed by atoms with Crippen molar-refractivity contribution >= 4 is 12.0 Å². The molecule has 1 fully saturated rings. The van der Waals surface area contributed by atoms with Gasteiger partial charge in [-0.2, -0.15) is 0 Å². The van der Waals surface area contributed by atoms with Gasteiger partial charge < -0.3 is 15.3 Å². The molecule has 102 valence electrons. The van der Waals surface area contributed by atoms with Gasteiger partial charge in [0.25, 0.3) is 0 Å². The Hall–Kier alpha value is -2.04. The highest BCUT2D eigenvalue weighted by molar-refractivity contribution is 5.89. The summed E-state index contributed by atoms with van der Waals surface area (Å²) in [6.45, 7) is 1.82. The number of nitrogens with zero attached hydrogens (tertiary/aromatic N) is 1. The molecule has 1 aromatic rings. The summed E-state index contributed by atoms with van der Waals surface area (Å²) < 4.78 is 0. The van der Waals surface area contributed by atoms with Crippen molar-refractivity contribution in [2.45, 2.75) is 25.8 Å². The minimum atomic E-state index is -0.970. The van der Waals surface area contributed by atoms with E-state index in [4.69, 9.17) is 5.11 Å². The van der Waals surface area contributed by atoms with Crippen LogP contribution >= 0.6 is 0 Å². The zero-order valence-corrected chi connectivity index (χ0v) is 10.8. The lowest BCUT2D eigenvalue weighted by Gasteiger charge is -2.26. The SMILES string of the molecule is O=C(O)c1ccccc1CNC(=O)N1CCCCC1. The van der Waals surface area contributed by atoms with Gasteiger partial charge in [-0.25, -0.2) is 9.59 Å². The van der Waals surface area contributed by atoms with E-state index in [9.17, 15) is 9.59 Å². The lowest BCUT2D eigenvalue weighted by molar-refractivity contribution is 0.0695. The summed E-state index contributed by atoms with van der Waals surface area (Å²) in [5.74, 6) is -0.970. The lowest BCUT2D eigenvalue weighted by Crippen LogP contribution is -2.42. The summed E-state index contributed by atoms with van der Waals surface area (Å²) >= 11 is 0. The fraction of sp³-hybridized carbons (Fsp3) is 0.429. The first-order valence-electron chi connectivity index (χ1n) is 6.52. The van der Waals surface area contributed by atoms with Crippen LogP contribution in [0.25, 0.3) is 0 Å². The van der Waals surface area contributed by atoms with Gasteiger partial charge in [0.1, 0.15) is 0 Å². The summed E-state index contributed by atoms with van der Waals surface area (Å²) in [6, 6.07) is 6.61. The molecular formula is C14H18N2O3. The monoisotopic (exact) mass is 262 g/mol. The third-order valence-electron chi connectivity index (χ3n) is 3.32. The predicted molar refractivity (Wildman–Crippen MR) is 71.1 cm³/mol. The van der Waals surface area contributed by atoms with Gasteiger partial charge in [-0.05, 0) is 30.9 Å². The van der Waals surface area contributed by atoms with Crippen molar-refractivity contribution < 1.29 is 14.7 Å². The topological polar surface area (TPSA) is 69.6 Å². The van der Waals surface area contributed by atoms with Gasteiger partial charge in [-0.3, -0.25) is 0 Å². The fourth-order valence-corrected chi connectivity index (χ4v) is 2.26. The number of carboxylic acids is 1. The second kappa shape index (κ2) is 6.22. The molecule has 19 heavy (non-hydrogen) atoms. The third kappa shape index (κ3) is 3.47. The molecule has 2 amide bonds. The maximum absolute atomic E-state index is 11.9. The maximum Gasteiger partial charge on any atom is 0.336 e. The van der Waals surface area contributed by atoms with Crippen molar-refractivity contribution in [1.82, 2.24) is 10.2 Å². The number of carbonyl (C=O) groups excluding carboxylic acids is 1. The van der Waals surface area contributed by atoms with E-state index in [1.54, 1.807) is 29.2 Å². The maximum atomic E-state index is 11.9. The molecule has 0 unspecified atom stereocenters. The largest absolute Gasteiger partial charge is 0.478 e. The highest BCUT2D eigenvalue weighted by atomic mass is 16.4. The first kappa shape index (κ1) is 13.4. The number of piperidine rings is 1. The average molecular weight is 262 g/mol. The van der Waals surface area contributed by atoms with Crippen molar-refractivity contribution in [3.05, 3.63) is 35.4 Å². The number of urea groups is 1. The van der Waals surface area contributed by atoms with Crippen LogP contribution in [0.5, 0.6) is 0 Å². The zero-order valence-electron chi connectivity index (χ0n) is 10.8. The number of hydrogen-bond donors (Lipinski definition) is 2. The number of hydrogen-bond acceptors (Lipinski definition) is 2. The van der Waals surface area contributed by atoms with Crippen molar-refractivity contribution in [3.8, 4) is 0 Å². The summed E-state index contributed by atoms with van der Waals surface area (Å²) in [4.78, 5) is 24.7. The zero-order chi connectivity index (χ0) is 13.7. The molecule has 0 saturated carbocycles. The highest BCUT2D eigenvalue weighted by Gasteiger charge is 2.16. The van der Waals surface area contributed by atoms with E-state index in [0.717, 1.165) is 25.9 Å². The number of aromatic carboxylic acids is 1. The highest BCUT2D eigenvalue weighted by Crippen LogP contribution is 2.11. The van der Waals surface area contributed by atoms with Crippen molar-refractivity contribution in [1.29, 1.82) is 0 Å². The normalized spacial score (nSPS) is 15.1. The van der Waals surface area contributed by atoms with E-state index in [0.29, 0.717) is 5.56 Å². The minimum absolute atomic E-state index is 0.111. The van der Waals surface area contributed by atoms with E-state index in [1.165, 1.54) is 6.42 Å². The standard InChI is InChI=1S/C14H18N2O3/c17-13(18)12-7-3-2-6-11(12)10-15-14(19)16-8-4-1-5-9-16/h2-3,6-7H,1,4-5,8-10H2,(H,15,19)(H,17,18). The van der Waals surface area contributed by atoms with Gasteiger partial charge in [0.2, 0.25) is 0 Å². The number of amides is 2. The minimum Gasteiger partial charge on any atom is -0.478 e. The average Bonchev–Trinajstić information content (AvgIpc) is 2.46. The Morgan fingerprint density at radius 3 is 2.53 bits per heavy atom. The smallest absolute Gasteiger partial charge is 0.336 e. The molecule has 1 aliphatic heterocycles. The van der Waals surface area contributed by atoms with Crippen LogP contribution in [-0.2, 0) is 6.54 Å². The van der Waals surface area contributed by atoms with Gasteiger partial charge >= 0.3 is 12.0 Å². The molecule has 0 spiro atoms. The summed E-state index contributed by atoms with van der Waals surface area (Å²) in [5.41, 5.74) is 0.863. The molecule has 1 aliphatic rings. The molecule has 2 rings (SSSR count). The number of benzene rings is 1. The molecule has 1 aromatic carbocycles. The molecule has 5 heteroatoms. The molecule has 5 nitrogen and oxygen atoms in total. The van der Waals surface area contributed by atoms with E-state index in [2.05, 4.69) is 5.32 Å². The Bertz CT molecular complexity index is 468. The number of carboxylic acid groups (broad SMARTS) is 1. The van der Waals surface area contributed by atoms with E-state index in [-0.39, 0.29) is 18.1 Å². The van der Waals surface area contributed by atoms with Crippen molar-refractivity contribution in [2.24, 2.45) is 0 Å². The molecule has 0 radical (unpaired) electrons. The van der Waals surface area contributed by atoms with Crippen LogP contribution in [0.15, 0.2) is 24.3 Å². The molecular weight excluding hydrogens is 244 g/mol. The second-order valence-electron chi connectivity index (χ2n) is 4.67. The summed E-state index contributed by atoms with van der Waals surface area (Å²) in [6.07, 6.45) is 3.25. The Morgan fingerprint density at radius 1 is 1.16 bits per heavy atom. The fourth-order valence-electron chi connectivity index (χ4n) is 2.26. The van der Waals surface area contributed by atoms with Gasteiger partial charge in [0.15, 0.2) is 0 Å².